The van der Waals surface area contributed by atoms with Crippen molar-refractivity contribution in [3.8, 4) is 11.5 Å². The van der Waals surface area contributed by atoms with Gasteiger partial charge in [-0.2, -0.15) is 9.97 Å². The van der Waals surface area contributed by atoms with Crippen molar-refractivity contribution in [3.05, 3.63) is 11.4 Å². The van der Waals surface area contributed by atoms with Crippen molar-refractivity contribution in [2.24, 2.45) is 0 Å². The first kappa shape index (κ1) is 21.0. The summed E-state index contributed by atoms with van der Waals surface area (Å²) in [6.45, 7) is 4.25. The van der Waals surface area contributed by atoms with Gasteiger partial charge in [0.15, 0.2) is 23.1 Å². The number of aromatic nitrogens is 4. The highest BCUT2D eigenvalue weighted by Gasteiger charge is 2.11. The molecule has 2 aromatic heterocycles. The van der Waals surface area contributed by atoms with E-state index in [0.29, 0.717) is 43.0 Å². The van der Waals surface area contributed by atoms with E-state index in [4.69, 9.17) is 32.8 Å². The molecule has 11 nitrogen and oxygen atoms in total. The predicted molar refractivity (Wildman–Crippen MR) is 99.3 cm³/mol. The van der Waals surface area contributed by atoms with Crippen LogP contribution in [-0.4, -0.2) is 43.4 Å². The molecule has 0 aliphatic rings. The van der Waals surface area contributed by atoms with Crippen molar-refractivity contribution in [1.29, 1.82) is 0 Å². The number of aliphatic hydroxyl groups is 1. The maximum Gasteiger partial charge on any atom is 0.222 e. The Morgan fingerprint density at radius 2 is 1.38 bits per heavy atom. The van der Waals surface area contributed by atoms with Gasteiger partial charge < -0.3 is 37.9 Å². The molecule has 11 heteroatoms. The van der Waals surface area contributed by atoms with E-state index in [1.165, 1.54) is 0 Å². The summed E-state index contributed by atoms with van der Waals surface area (Å²) in [7, 11) is 0. The predicted octanol–water partition coefficient (Wildman–Crippen LogP) is -0.126. The molecule has 2 rings (SSSR count). The van der Waals surface area contributed by atoms with E-state index in [1.54, 1.807) is 0 Å². The van der Waals surface area contributed by atoms with E-state index in [-0.39, 0.29) is 35.9 Å². The molecule has 2 heterocycles. The van der Waals surface area contributed by atoms with Gasteiger partial charge in [-0.05, 0) is 12.8 Å². The van der Waals surface area contributed by atoms with Crippen molar-refractivity contribution in [2.75, 3.05) is 36.1 Å². The molecule has 10 N–H and O–H groups in total. The summed E-state index contributed by atoms with van der Waals surface area (Å²) in [4.78, 5) is 15.2. The van der Waals surface area contributed by atoms with Crippen LogP contribution in [0.4, 0.5) is 23.5 Å². The van der Waals surface area contributed by atoms with Gasteiger partial charge in [-0.3, -0.25) is 0 Å². The van der Waals surface area contributed by atoms with E-state index >= 15 is 0 Å². The highest BCUT2D eigenvalue weighted by atomic mass is 16.5. The molecule has 0 amide bonds. The van der Waals surface area contributed by atoms with Gasteiger partial charge in [0.25, 0.3) is 0 Å². The van der Waals surface area contributed by atoms with Crippen molar-refractivity contribution in [1.82, 2.24) is 19.9 Å². The summed E-state index contributed by atoms with van der Waals surface area (Å²) >= 11 is 0. The first-order valence-electron chi connectivity index (χ1n) is 8.10. The zero-order chi connectivity index (χ0) is 19.7. The molecule has 0 atom stereocenters. The lowest BCUT2D eigenvalue weighted by Crippen LogP contribution is -2.09. The molecule has 0 fully saturated rings. The number of anilines is 4. The molecule has 2 aromatic rings. The molecule has 0 saturated heterocycles. The average Bonchev–Trinajstić information content (AvgIpc) is 2.60. The zero-order valence-electron chi connectivity index (χ0n) is 14.9. The highest BCUT2D eigenvalue weighted by molar-refractivity contribution is 5.52. The Kier molecular flexibility index (Phi) is 8.09. The quantitative estimate of drug-likeness (QED) is 0.371. The summed E-state index contributed by atoms with van der Waals surface area (Å²) in [5.41, 5.74) is 22.9. The van der Waals surface area contributed by atoms with Gasteiger partial charge in [-0.25, -0.2) is 9.97 Å². The largest absolute Gasteiger partial charge is 0.503 e. The number of hydrogen-bond donors (Lipinski definition) is 6. The van der Waals surface area contributed by atoms with Crippen molar-refractivity contribution in [2.45, 2.75) is 33.1 Å². The fourth-order valence-electron chi connectivity index (χ4n) is 1.96. The normalized spacial score (nSPS) is 10.1. The molecule has 144 valence electrons. The summed E-state index contributed by atoms with van der Waals surface area (Å²) in [6, 6.07) is 0. The van der Waals surface area contributed by atoms with Crippen LogP contribution < -0.4 is 27.7 Å². The molecule has 0 spiro atoms. The first-order chi connectivity index (χ1) is 12.3. The lowest BCUT2D eigenvalue weighted by Gasteiger charge is -2.11. The number of nitrogens with two attached hydrogens (primary N) is 4. The summed E-state index contributed by atoms with van der Waals surface area (Å²) in [5.74, 6) is 0.935. The standard InChI is InChI=1S/C9H16N4O2.C6H10N4O/c1-2-6-7(15-5-3-4-14)8(10)13-9(11)12-6;1-2-3-4(11)5(7)10-6(8)9-3/h14H,2-5H2,1H3,(H4,10,11,12,13);11H,2H2,1H3,(H4,7,8,9,10). The van der Waals surface area contributed by atoms with Crippen molar-refractivity contribution in [3.63, 3.8) is 0 Å². The maximum absolute atomic E-state index is 9.22. The van der Waals surface area contributed by atoms with Gasteiger partial charge in [0.05, 0.1) is 18.0 Å². The second-order valence-electron chi connectivity index (χ2n) is 5.14. The SMILES string of the molecule is CCc1nc(N)nc(N)c1O.CCc1nc(N)nc(N)c1OCCCO. The van der Waals surface area contributed by atoms with Gasteiger partial charge in [0.1, 0.15) is 0 Å². The minimum absolute atomic E-state index is 0.0364. The van der Waals surface area contributed by atoms with Gasteiger partial charge in [0.2, 0.25) is 11.9 Å². The Balaban J connectivity index is 0.000000273. The molecular formula is C15H26N8O3. The van der Waals surface area contributed by atoms with Gasteiger partial charge in [-0.1, -0.05) is 13.8 Å². The van der Waals surface area contributed by atoms with E-state index in [0.717, 1.165) is 0 Å². The van der Waals surface area contributed by atoms with Crippen LogP contribution in [0, 0.1) is 0 Å². The lowest BCUT2D eigenvalue weighted by molar-refractivity contribution is 0.232. The van der Waals surface area contributed by atoms with Crippen LogP contribution in [0.1, 0.15) is 31.7 Å². The summed E-state index contributed by atoms with van der Waals surface area (Å²) in [5, 5.41) is 17.8. The van der Waals surface area contributed by atoms with E-state index < -0.39 is 0 Å². The number of rotatable bonds is 6. The van der Waals surface area contributed by atoms with Crippen LogP contribution in [0.5, 0.6) is 11.5 Å². The van der Waals surface area contributed by atoms with E-state index in [9.17, 15) is 5.11 Å². The Morgan fingerprint density at radius 1 is 0.846 bits per heavy atom. The van der Waals surface area contributed by atoms with Gasteiger partial charge >= 0.3 is 0 Å². The number of aryl methyl sites for hydroxylation is 2. The highest BCUT2D eigenvalue weighted by Crippen LogP contribution is 2.24. The first-order valence-corrected chi connectivity index (χ1v) is 8.10. The molecule has 0 radical (unpaired) electrons. The Bertz CT molecular complexity index is 727. The average molecular weight is 366 g/mol. The molecule has 26 heavy (non-hydrogen) atoms. The smallest absolute Gasteiger partial charge is 0.222 e. The third kappa shape index (κ3) is 5.77. The number of aliphatic hydroxyl groups excluding tert-OH is 1. The second-order valence-corrected chi connectivity index (χ2v) is 5.14. The lowest BCUT2D eigenvalue weighted by atomic mass is 10.3. The number of ether oxygens (including phenoxy) is 1. The fraction of sp³-hybridized carbons (Fsp3) is 0.467. The fourth-order valence-corrected chi connectivity index (χ4v) is 1.96. The molecule has 0 bridgehead atoms. The molecule has 0 unspecified atom stereocenters. The minimum atomic E-state index is -0.0679. The van der Waals surface area contributed by atoms with Crippen LogP contribution in [0.3, 0.4) is 0 Å². The third-order valence-corrected chi connectivity index (χ3v) is 3.20. The third-order valence-electron chi connectivity index (χ3n) is 3.20. The number of hydrogen-bond acceptors (Lipinski definition) is 11. The number of nitrogens with zero attached hydrogens (tertiary/aromatic N) is 4. The van der Waals surface area contributed by atoms with E-state index in [2.05, 4.69) is 19.9 Å². The van der Waals surface area contributed by atoms with Crippen LogP contribution in [-0.2, 0) is 12.8 Å². The Morgan fingerprint density at radius 3 is 1.92 bits per heavy atom. The molecule has 0 aromatic carbocycles. The van der Waals surface area contributed by atoms with Crippen molar-refractivity contribution < 1.29 is 14.9 Å². The summed E-state index contributed by atoms with van der Waals surface area (Å²) in [6.07, 6.45) is 1.81. The maximum atomic E-state index is 9.22. The van der Waals surface area contributed by atoms with Crippen LogP contribution in [0.25, 0.3) is 0 Å². The van der Waals surface area contributed by atoms with Crippen LogP contribution >= 0.6 is 0 Å². The minimum Gasteiger partial charge on any atom is -0.503 e. The topological polar surface area (TPSA) is 205 Å². The molecule has 0 saturated carbocycles. The number of aromatic hydroxyl groups is 1. The van der Waals surface area contributed by atoms with Gasteiger partial charge in [0, 0.05) is 13.0 Å². The number of nitrogen functional groups attached to an aromatic ring is 4. The van der Waals surface area contributed by atoms with Gasteiger partial charge in [-0.15, -0.1) is 0 Å². The van der Waals surface area contributed by atoms with Crippen LogP contribution in [0.15, 0.2) is 0 Å². The second kappa shape index (κ2) is 10.0. The molecular weight excluding hydrogens is 340 g/mol. The Hall–Kier alpha value is -3.08. The molecule has 0 aliphatic carbocycles. The Labute approximate surface area is 151 Å². The zero-order valence-corrected chi connectivity index (χ0v) is 14.9. The van der Waals surface area contributed by atoms with E-state index in [1.807, 2.05) is 13.8 Å². The van der Waals surface area contributed by atoms with Crippen LogP contribution in [0.2, 0.25) is 0 Å². The monoisotopic (exact) mass is 366 g/mol. The molecule has 0 aliphatic heterocycles. The van der Waals surface area contributed by atoms with Crippen molar-refractivity contribution >= 4 is 23.5 Å². The summed E-state index contributed by atoms with van der Waals surface area (Å²) < 4.78 is 5.39.